The Bertz CT molecular complexity index is 673. The summed E-state index contributed by atoms with van der Waals surface area (Å²) in [4.78, 5) is 11.9. The molecule has 0 spiro atoms. The number of aromatic hydroxyl groups is 1. The van der Waals surface area contributed by atoms with Gasteiger partial charge in [-0.1, -0.05) is 30.3 Å². The average molecular weight is 276 g/mol. The maximum Gasteiger partial charge on any atom is 0.185 e. The van der Waals surface area contributed by atoms with E-state index < -0.39 is 21.4 Å². The van der Waals surface area contributed by atoms with E-state index in [0.29, 0.717) is 5.56 Å². The molecule has 0 aliphatic carbocycles. The molecule has 0 bridgehead atoms. The number of benzene rings is 2. The summed E-state index contributed by atoms with van der Waals surface area (Å²) in [5, 5.41) is 9.12. The number of ketones is 1. The van der Waals surface area contributed by atoms with Crippen molar-refractivity contribution in [2.24, 2.45) is 0 Å². The van der Waals surface area contributed by atoms with Gasteiger partial charge in [-0.2, -0.15) is 0 Å². The molecule has 0 heterocycles. The van der Waals surface area contributed by atoms with Crippen LogP contribution in [0.4, 0.5) is 0 Å². The topological polar surface area (TPSA) is 71.4 Å². The minimum atomic E-state index is -3.69. The molecular weight excluding hydrogens is 264 g/mol. The fraction of sp³-hybridized carbons (Fsp3) is 0.0714. The van der Waals surface area contributed by atoms with E-state index in [0.717, 1.165) is 0 Å². The van der Waals surface area contributed by atoms with Gasteiger partial charge in [0.25, 0.3) is 0 Å². The minimum Gasteiger partial charge on any atom is -0.508 e. The molecule has 4 nitrogen and oxygen atoms in total. The highest BCUT2D eigenvalue weighted by Crippen LogP contribution is 2.16. The lowest BCUT2D eigenvalue weighted by Crippen LogP contribution is -2.16. The molecule has 0 unspecified atom stereocenters. The predicted molar refractivity (Wildman–Crippen MR) is 70.9 cm³/mol. The fourth-order valence-electron chi connectivity index (χ4n) is 1.62. The number of carbonyl (C=O) groups is 1. The Hall–Kier alpha value is -2.14. The zero-order valence-electron chi connectivity index (χ0n) is 9.98. The third-order valence-electron chi connectivity index (χ3n) is 2.61. The predicted octanol–water partition coefficient (Wildman–Crippen LogP) is 2.05. The smallest absolute Gasteiger partial charge is 0.185 e. The molecule has 2 aromatic carbocycles. The number of hydrogen-bond acceptors (Lipinski definition) is 4. The number of rotatable bonds is 4. The lowest BCUT2D eigenvalue weighted by molar-refractivity contribution is 0.102. The highest BCUT2D eigenvalue weighted by atomic mass is 32.2. The van der Waals surface area contributed by atoms with Gasteiger partial charge in [0.2, 0.25) is 0 Å². The van der Waals surface area contributed by atoms with Gasteiger partial charge < -0.3 is 5.11 Å². The first kappa shape index (κ1) is 13.3. The van der Waals surface area contributed by atoms with Crippen LogP contribution >= 0.6 is 0 Å². The Kier molecular flexibility index (Phi) is 3.66. The number of carbonyl (C=O) groups excluding carboxylic acids is 1. The van der Waals surface area contributed by atoms with Crippen molar-refractivity contribution in [2.45, 2.75) is 4.90 Å². The second kappa shape index (κ2) is 5.24. The van der Waals surface area contributed by atoms with Crippen LogP contribution in [0.2, 0.25) is 0 Å². The minimum absolute atomic E-state index is 0.0201. The number of hydrogen-bond donors (Lipinski definition) is 1. The maximum atomic E-state index is 12.0. The van der Waals surface area contributed by atoms with Gasteiger partial charge in [0, 0.05) is 5.56 Å². The van der Waals surface area contributed by atoms with Crippen LogP contribution in [0.15, 0.2) is 59.5 Å². The summed E-state index contributed by atoms with van der Waals surface area (Å²) in [6.07, 6.45) is 0. The summed E-state index contributed by atoms with van der Waals surface area (Å²) in [5.74, 6) is -1.05. The van der Waals surface area contributed by atoms with Crippen LogP contribution in [0.1, 0.15) is 10.4 Å². The van der Waals surface area contributed by atoms with Crippen LogP contribution in [-0.4, -0.2) is 25.1 Å². The highest BCUT2D eigenvalue weighted by Gasteiger charge is 2.20. The molecule has 19 heavy (non-hydrogen) atoms. The Labute approximate surface area is 111 Å². The monoisotopic (exact) mass is 276 g/mol. The number of phenols is 1. The zero-order chi connectivity index (χ0) is 13.9. The second-order valence-electron chi connectivity index (χ2n) is 4.04. The molecule has 2 rings (SSSR count). The van der Waals surface area contributed by atoms with Crippen molar-refractivity contribution in [1.82, 2.24) is 0 Å². The summed E-state index contributed by atoms with van der Waals surface area (Å²) in [6, 6.07) is 13.4. The molecule has 0 aliphatic heterocycles. The Morgan fingerprint density at radius 1 is 0.947 bits per heavy atom. The molecule has 0 saturated carbocycles. The molecule has 1 N–H and O–H groups in total. The fourth-order valence-corrected chi connectivity index (χ4v) is 2.85. The van der Waals surface area contributed by atoms with E-state index in [1.165, 1.54) is 24.3 Å². The van der Waals surface area contributed by atoms with Gasteiger partial charge in [-0.05, 0) is 24.3 Å². The summed E-state index contributed by atoms with van der Waals surface area (Å²) >= 11 is 0. The summed E-state index contributed by atoms with van der Waals surface area (Å²) in [7, 11) is -3.69. The molecule has 98 valence electrons. The van der Waals surface area contributed by atoms with Crippen LogP contribution in [0.5, 0.6) is 5.75 Å². The van der Waals surface area contributed by atoms with E-state index in [1.54, 1.807) is 30.3 Å². The molecule has 0 saturated heterocycles. The molecule has 0 amide bonds. The Balaban J connectivity index is 2.23. The van der Waals surface area contributed by atoms with Gasteiger partial charge >= 0.3 is 0 Å². The second-order valence-corrected chi connectivity index (χ2v) is 6.03. The van der Waals surface area contributed by atoms with Gasteiger partial charge in [-0.25, -0.2) is 8.42 Å². The molecule has 2 aromatic rings. The standard InChI is InChI=1S/C14H12O4S/c15-12-6-8-13(9-7-12)19(17,18)10-14(16)11-4-2-1-3-5-11/h1-9,15H,10H2. The van der Waals surface area contributed by atoms with Crippen molar-refractivity contribution in [3.63, 3.8) is 0 Å². The maximum absolute atomic E-state index is 12.0. The zero-order valence-corrected chi connectivity index (χ0v) is 10.8. The first-order chi connectivity index (χ1) is 8.99. The third-order valence-corrected chi connectivity index (χ3v) is 4.25. The van der Waals surface area contributed by atoms with Gasteiger partial charge in [-0.3, -0.25) is 4.79 Å². The Morgan fingerprint density at radius 2 is 1.53 bits per heavy atom. The van der Waals surface area contributed by atoms with Crippen LogP contribution in [-0.2, 0) is 9.84 Å². The number of sulfone groups is 1. The molecule has 0 fully saturated rings. The largest absolute Gasteiger partial charge is 0.508 e. The quantitative estimate of drug-likeness (QED) is 0.867. The van der Waals surface area contributed by atoms with Crippen molar-refractivity contribution < 1.29 is 18.3 Å². The van der Waals surface area contributed by atoms with E-state index in [4.69, 9.17) is 5.11 Å². The third kappa shape index (κ3) is 3.20. The molecule has 0 atom stereocenters. The van der Waals surface area contributed by atoms with Crippen molar-refractivity contribution in [3.8, 4) is 5.75 Å². The molecule has 0 radical (unpaired) electrons. The van der Waals surface area contributed by atoms with Crippen molar-refractivity contribution in [3.05, 3.63) is 60.2 Å². The van der Waals surface area contributed by atoms with Crippen molar-refractivity contribution >= 4 is 15.6 Å². The van der Waals surface area contributed by atoms with Gasteiger partial charge in [-0.15, -0.1) is 0 Å². The Morgan fingerprint density at radius 3 is 2.11 bits per heavy atom. The normalized spacial score (nSPS) is 11.2. The number of phenolic OH excluding ortho intramolecular Hbond substituents is 1. The van der Waals surface area contributed by atoms with Gasteiger partial charge in [0.1, 0.15) is 11.5 Å². The first-order valence-electron chi connectivity index (χ1n) is 5.59. The van der Waals surface area contributed by atoms with E-state index in [-0.39, 0.29) is 10.6 Å². The number of Topliss-reactive ketones (excluding diaryl/α,β-unsaturated/α-hetero) is 1. The van der Waals surface area contributed by atoms with Gasteiger partial charge in [0.15, 0.2) is 15.6 Å². The van der Waals surface area contributed by atoms with E-state index in [2.05, 4.69) is 0 Å². The molecule has 5 heteroatoms. The summed E-state index contributed by atoms with van der Waals surface area (Å²) in [5.41, 5.74) is 0.366. The lowest BCUT2D eigenvalue weighted by Gasteiger charge is -2.04. The van der Waals surface area contributed by atoms with E-state index in [1.807, 2.05) is 0 Å². The van der Waals surface area contributed by atoms with Crippen molar-refractivity contribution in [1.29, 1.82) is 0 Å². The summed E-state index contributed by atoms with van der Waals surface area (Å²) in [6.45, 7) is 0. The van der Waals surface area contributed by atoms with Crippen LogP contribution in [0.25, 0.3) is 0 Å². The summed E-state index contributed by atoms with van der Waals surface area (Å²) < 4.78 is 24.0. The van der Waals surface area contributed by atoms with Crippen LogP contribution < -0.4 is 0 Å². The first-order valence-corrected chi connectivity index (χ1v) is 7.24. The van der Waals surface area contributed by atoms with E-state index in [9.17, 15) is 13.2 Å². The van der Waals surface area contributed by atoms with E-state index >= 15 is 0 Å². The van der Waals surface area contributed by atoms with Crippen LogP contribution in [0.3, 0.4) is 0 Å². The molecular formula is C14H12O4S. The SMILES string of the molecule is O=C(CS(=O)(=O)c1ccc(O)cc1)c1ccccc1. The highest BCUT2D eigenvalue weighted by molar-refractivity contribution is 7.92. The van der Waals surface area contributed by atoms with Crippen LogP contribution in [0, 0.1) is 0 Å². The lowest BCUT2D eigenvalue weighted by atomic mass is 10.2. The van der Waals surface area contributed by atoms with Gasteiger partial charge in [0.05, 0.1) is 4.90 Å². The average Bonchev–Trinajstić information content (AvgIpc) is 2.40. The van der Waals surface area contributed by atoms with Crippen molar-refractivity contribution in [2.75, 3.05) is 5.75 Å². The molecule has 0 aliphatic rings. The molecule has 0 aromatic heterocycles.